The van der Waals surface area contributed by atoms with Gasteiger partial charge in [0.2, 0.25) is 0 Å². The zero-order valence-corrected chi connectivity index (χ0v) is 13.6. The predicted octanol–water partition coefficient (Wildman–Crippen LogP) is 2.14. The van der Waals surface area contributed by atoms with Gasteiger partial charge in [-0.1, -0.05) is 13.8 Å². The molecule has 120 valence electrons. The van der Waals surface area contributed by atoms with Crippen LogP contribution in [0.4, 0.5) is 0 Å². The molecule has 1 fully saturated rings. The van der Waals surface area contributed by atoms with Gasteiger partial charge in [0.15, 0.2) is 6.29 Å². The van der Waals surface area contributed by atoms with E-state index in [2.05, 4.69) is 41.9 Å². The summed E-state index contributed by atoms with van der Waals surface area (Å²) in [5, 5.41) is 8.26. The monoisotopic (exact) mass is 295 g/mol. The molecular weight excluding hydrogens is 266 g/mol. The largest absolute Gasteiger partial charge is 0.350 e. The molecule has 5 nitrogen and oxygen atoms in total. The third-order valence-electron chi connectivity index (χ3n) is 3.88. The van der Waals surface area contributed by atoms with Gasteiger partial charge in [0, 0.05) is 31.1 Å². The maximum atomic E-state index is 5.60. The number of aromatic nitrogens is 2. The van der Waals surface area contributed by atoms with E-state index in [0.717, 1.165) is 52.0 Å². The van der Waals surface area contributed by atoms with Crippen molar-refractivity contribution in [1.29, 1.82) is 0 Å². The Labute approximate surface area is 128 Å². The lowest BCUT2D eigenvalue weighted by atomic mass is 10.1. The van der Waals surface area contributed by atoms with Crippen LogP contribution in [0.15, 0.2) is 6.07 Å². The van der Waals surface area contributed by atoms with Crippen molar-refractivity contribution >= 4 is 0 Å². The minimum absolute atomic E-state index is 0.0528. The Morgan fingerprint density at radius 1 is 1.33 bits per heavy atom. The molecule has 1 aliphatic rings. The van der Waals surface area contributed by atoms with Crippen LogP contribution in [0, 0.1) is 0 Å². The van der Waals surface area contributed by atoms with Crippen molar-refractivity contribution in [3.05, 3.63) is 17.5 Å². The molecule has 1 atom stereocenters. The standard InChI is InChI=1S/C16H29N3O2/c1-4-7-17-14(12-16-20-8-9-21-16)11-15-10-13(5-2)18-19(15)6-3/h10,14,16-17H,4-9,11-12H2,1-3H3. The van der Waals surface area contributed by atoms with Gasteiger partial charge in [0.05, 0.1) is 18.9 Å². The van der Waals surface area contributed by atoms with Gasteiger partial charge >= 0.3 is 0 Å². The number of rotatable bonds is 9. The molecule has 1 aromatic heterocycles. The fourth-order valence-corrected chi connectivity index (χ4v) is 2.74. The molecule has 1 aliphatic heterocycles. The minimum Gasteiger partial charge on any atom is -0.350 e. The lowest BCUT2D eigenvalue weighted by Crippen LogP contribution is -2.36. The van der Waals surface area contributed by atoms with Crippen molar-refractivity contribution in [2.45, 2.75) is 65.3 Å². The third kappa shape index (κ3) is 4.80. The minimum atomic E-state index is -0.0528. The fourth-order valence-electron chi connectivity index (χ4n) is 2.74. The smallest absolute Gasteiger partial charge is 0.159 e. The summed E-state index contributed by atoms with van der Waals surface area (Å²) >= 11 is 0. The van der Waals surface area contributed by atoms with Crippen molar-refractivity contribution in [3.63, 3.8) is 0 Å². The Hall–Kier alpha value is -0.910. The molecule has 0 spiro atoms. The van der Waals surface area contributed by atoms with E-state index in [1.54, 1.807) is 0 Å². The molecule has 21 heavy (non-hydrogen) atoms. The van der Waals surface area contributed by atoms with E-state index in [0.29, 0.717) is 6.04 Å². The van der Waals surface area contributed by atoms with Crippen LogP contribution in [0.3, 0.4) is 0 Å². The van der Waals surface area contributed by atoms with E-state index < -0.39 is 0 Å². The van der Waals surface area contributed by atoms with Crippen molar-refractivity contribution in [2.24, 2.45) is 0 Å². The lowest BCUT2D eigenvalue weighted by molar-refractivity contribution is -0.0527. The second-order valence-corrected chi connectivity index (χ2v) is 5.56. The van der Waals surface area contributed by atoms with Crippen molar-refractivity contribution in [2.75, 3.05) is 19.8 Å². The van der Waals surface area contributed by atoms with Crippen molar-refractivity contribution in [3.8, 4) is 0 Å². The first-order valence-corrected chi connectivity index (χ1v) is 8.28. The van der Waals surface area contributed by atoms with E-state index in [9.17, 15) is 0 Å². The number of hydrogen-bond acceptors (Lipinski definition) is 4. The molecule has 0 aliphatic carbocycles. The zero-order chi connectivity index (χ0) is 15.1. The first-order valence-electron chi connectivity index (χ1n) is 8.28. The number of nitrogens with zero attached hydrogens (tertiary/aromatic N) is 2. The van der Waals surface area contributed by atoms with Crippen LogP contribution in [0.2, 0.25) is 0 Å². The molecule has 1 aromatic rings. The highest BCUT2D eigenvalue weighted by Crippen LogP contribution is 2.15. The van der Waals surface area contributed by atoms with E-state index in [1.165, 1.54) is 11.4 Å². The van der Waals surface area contributed by atoms with Gasteiger partial charge in [-0.3, -0.25) is 4.68 Å². The van der Waals surface area contributed by atoms with Gasteiger partial charge in [-0.05, 0) is 32.4 Å². The zero-order valence-electron chi connectivity index (χ0n) is 13.6. The van der Waals surface area contributed by atoms with Gasteiger partial charge < -0.3 is 14.8 Å². The van der Waals surface area contributed by atoms with E-state index in [1.807, 2.05) is 0 Å². The predicted molar refractivity (Wildman–Crippen MR) is 83.4 cm³/mol. The molecule has 1 unspecified atom stereocenters. The molecular formula is C16H29N3O2. The first kappa shape index (κ1) is 16.5. The SMILES string of the molecule is CCCNC(Cc1cc(CC)nn1CC)CC1OCCO1. The summed E-state index contributed by atoms with van der Waals surface area (Å²) in [6.07, 6.45) is 3.95. The van der Waals surface area contributed by atoms with Crippen LogP contribution in [0.25, 0.3) is 0 Å². The first-order chi connectivity index (χ1) is 10.3. The Morgan fingerprint density at radius 2 is 2.10 bits per heavy atom. The van der Waals surface area contributed by atoms with Gasteiger partial charge in [0.25, 0.3) is 0 Å². The Balaban J connectivity index is 2.00. The van der Waals surface area contributed by atoms with Gasteiger partial charge in [0.1, 0.15) is 0 Å². The number of hydrogen-bond donors (Lipinski definition) is 1. The van der Waals surface area contributed by atoms with Crippen LogP contribution in [0.1, 0.15) is 45.0 Å². The second-order valence-electron chi connectivity index (χ2n) is 5.56. The third-order valence-corrected chi connectivity index (χ3v) is 3.88. The molecule has 1 N–H and O–H groups in total. The highest BCUT2D eigenvalue weighted by atomic mass is 16.7. The molecule has 2 rings (SSSR count). The number of ether oxygens (including phenoxy) is 2. The summed E-state index contributed by atoms with van der Waals surface area (Å²) in [4.78, 5) is 0. The summed E-state index contributed by atoms with van der Waals surface area (Å²) in [6.45, 7) is 9.88. The summed E-state index contributed by atoms with van der Waals surface area (Å²) in [6, 6.07) is 2.61. The maximum Gasteiger partial charge on any atom is 0.159 e. The Morgan fingerprint density at radius 3 is 2.71 bits per heavy atom. The van der Waals surface area contributed by atoms with Gasteiger partial charge in [-0.2, -0.15) is 5.10 Å². The fraction of sp³-hybridized carbons (Fsp3) is 0.812. The molecule has 0 bridgehead atoms. The number of aryl methyl sites for hydroxylation is 2. The summed E-state index contributed by atoms with van der Waals surface area (Å²) in [5.41, 5.74) is 2.48. The van der Waals surface area contributed by atoms with Crippen LogP contribution < -0.4 is 5.32 Å². The molecule has 0 saturated carbocycles. The molecule has 0 radical (unpaired) electrons. The summed E-state index contributed by atoms with van der Waals surface area (Å²) in [5.74, 6) is 0. The average Bonchev–Trinajstić information content (AvgIpc) is 3.14. The van der Waals surface area contributed by atoms with E-state index in [-0.39, 0.29) is 6.29 Å². The van der Waals surface area contributed by atoms with Crippen LogP contribution in [0.5, 0.6) is 0 Å². The van der Waals surface area contributed by atoms with E-state index >= 15 is 0 Å². The molecule has 0 aromatic carbocycles. The second kappa shape index (κ2) is 8.51. The van der Waals surface area contributed by atoms with Crippen molar-refractivity contribution < 1.29 is 9.47 Å². The molecule has 1 saturated heterocycles. The maximum absolute atomic E-state index is 5.60. The summed E-state index contributed by atoms with van der Waals surface area (Å²) < 4.78 is 13.3. The van der Waals surface area contributed by atoms with E-state index in [4.69, 9.17) is 9.47 Å². The van der Waals surface area contributed by atoms with Crippen LogP contribution in [-0.4, -0.2) is 41.9 Å². The molecule has 0 amide bonds. The van der Waals surface area contributed by atoms with Crippen LogP contribution >= 0.6 is 0 Å². The van der Waals surface area contributed by atoms with Gasteiger partial charge in [-0.25, -0.2) is 0 Å². The van der Waals surface area contributed by atoms with Crippen molar-refractivity contribution in [1.82, 2.24) is 15.1 Å². The Kier molecular flexibility index (Phi) is 6.67. The highest BCUT2D eigenvalue weighted by molar-refractivity contribution is 5.12. The quantitative estimate of drug-likeness (QED) is 0.758. The molecule has 5 heteroatoms. The Bertz CT molecular complexity index is 414. The molecule has 2 heterocycles. The summed E-state index contributed by atoms with van der Waals surface area (Å²) in [7, 11) is 0. The number of nitrogens with one attached hydrogen (secondary N) is 1. The van der Waals surface area contributed by atoms with Crippen LogP contribution in [-0.2, 0) is 28.9 Å². The topological polar surface area (TPSA) is 48.3 Å². The van der Waals surface area contributed by atoms with Gasteiger partial charge in [-0.15, -0.1) is 0 Å². The normalized spacial score (nSPS) is 17.5. The lowest BCUT2D eigenvalue weighted by Gasteiger charge is -2.21. The average molecular weight is 295 g/mol. The highest BCUT2D eigenvalue weighted by Gasteiger charge is 2.22.